The van der Waals surface area contributed by atoms with Gasteiger partial charge in [-0.2, -0.15) is 0 Å². The smallest absolute Gasteiger partial charge is 0.328 e. The summed E-state index contributed by atoms with van der Waals surface area (Å²) < 4.78 is 10.6. The van der Waals surface area contributed by atoms with Gasteiger partial charge in [-0.25, -0.2) is 4.79 Å². The first-order valence-corrected chi connectivity index (χ1v) is 9.77. The van der Waals surface area contributed by atoms with Crippen LogP contribution in [0, 0.1) is 12.8 Å². The molecule has 1 unspecified atom stereocenters. The van der Waals surface area contributed by atoms with Crippen molar-refractivity contribution in [3.05, 3.63) is 59.7 Å². The number of carbonyl (C=O) groups is 2. The highest BCUT2D eigenvalue weighted by molar-refractivity contribution is 5.97. The predicted octanol–water partition coefficient (Wildman–Crippen LogP) is 4.03. The Morgan fingerprint density at radius 2 is 1.70 bits per heavy atom. The summed E-state index contributed by atoms with van der Waals surface area (Å²) >= 11 is 0. The highest BCUT2D eigenvalue weighted by Crippen LogP contribution is 2.24. The van der Waals surface area contributed by atoms with E-state index in [-0.39, 0.29) is 11.8 Å². The molecule has 7 heteroatoms. The molecule has 1 atom stereocenters. The van der Waals surface area contributed by atoms with Crippen molar-refractivity contribution in [1.82, 2.24) is 15.5 Å². The Kier molecular flexibility index (Phi) is 6.61. The van der Waals surface area contributed by atoms with E-state index in [2.05, 4.69) is 15.5 Å². The van der Waals surface area contributed by atoms with E-state index in [0.29, 0.717) is 29.3 Å². The topological polar surface area (TPSA) is 94.3 Å². The molecule has 0 saturated carbocycles. The summed E-state index contributed by atoms with van der Waals surface area (Å²) in [5.74, 6) is 0.236. The zero-order chi connectivity index (χ0) is 21.7. The van der Waals surface area contributed by atoms with Crippen LogP contribution in [0.4, 0.5) is 0 Å². The van der Waals surface area contributed by atoms with E-state index in [4.69, 9.17) is 9.15 Å². The Balaban J connectivity index is 1.73. The molecular formula is C23H25N3O4. The second-order valence-electron chi connectivity index (χ2n) is 7.54. The SMILES string of the molecule is COC(=O)C(CC(C)C)NC(=O)c1ccc(-c2nnc(-c3cccc(C)c3)o2)cc1. The molecule has 156 valence electrons. The molecule has 1 amide bonds. The lowest BCUT2D eigenvalue weighted by molar-refractivity contribution is -0.143. The average molecular weight is 407 g/mol. The van der Waals surface area contributed by atoms with E-state index < -0.39 is 12.0 Å². The van der Waals surface area contributed by atoms with Crippen LogP contribution in [0.3, 0.4) is 0 Å². The number of ether oxygens (including phenoxy) is 1. The van der Waals surface area contributed by atoms with Gasteiger partial charge in [-0.3, -0.25) is 4.79 Å². The maximum absolute atomic E-state index is 12.6. The van der Waals surface area contributed by atoms with Crippen molar-refractivity contribution in [3.8, 4) is 22.9 Å². The lowest BCUT2D eigenvalue weighted by Crippen LogP contribution is -2.42. The molecule has 0 bridgehead atoms. The summed E-state index contributed by atoms with van der Waals surface area (Å²) in [7, 11) is 1.31. The van der Waals surface area contributed by atoms with Crippen LogP contribution in [0.15, 0.2) is 52.9 Å². The van der Waals surface area contributed by atoms with E-state index >= 15 is 0 Å². The molecule has 1 N–H and O–H groups in total. The van der Waals surface area contributed by atoms with Gasteiger partial charge in [0.2, 0.25) is 11.8 Å². The van der Waals surface area contributed by atoms with E-state index in [1.165, 1.54) is 7.11 Å². The number of esters is 1. The molecule has 3 rings (SSSR count). The van der Waals surface area contributed by atoms with Crippen molar-refractivity contribution in [2.75, 3.05) is 7.11 Å². The first kappa shape index (κ1) is 21.2. The van der Waals surface area contributed by atoms with Crippen molar-refractivity contribution in [1.29, 1.82) is 0 Å². The molecule has 0 saturated heterocycles. The van der Waals surface area contributed by atoms with Crippen LogP contribution in [-0.4, -0.2) is 35.2 Å². The third-order valence-electron chi connectivity index (χ3n) is 4.58. The summed E-state index contributed by atoms with van der Waals surface area (Å²) in [5, 5.41) is 11.0. The number of rotatable bonds is 7. The Hall–Kier alpha value is -3.48. The zero-order valence-electron chi connectivity index (χ0n) is 17.5. The standard InChI is InChI=1S/C23H25N3O4/c1-14(2)12-19(23(28)29-4)24-20(27)16-8-10-17(11-9-16)21-25-26-22(30-21)18-7-5-6-15(3)13-18/h5-11,13-14,19H,12H2,1-4H3,(H,24,27). The molecule has 0 fully saturated rings. The number of nitrogens with zero attached hydrogens (tertiary/aromatic N) is 2. The van der Waals surface area contributed by atoms with Gasteiger partial charge in [0.25, 0.3) is 5.91 Å². The van der Waals surface area contributed by atoms with E-state index in [1.807, 2.05) is 45.0 Å². The van der Waals surface area contributed by atoms with Gasteiger partial charge in [-0.05, 0) is 55.7 Å². The average Bonchev–Trinajstić information content (AvgIpc) is 3.23. The maximum atomic E-state index is 12.6. The quantitative estimate of drug-likeness (QED) is 0.594. The molecule has 1 heterocycles. The number of amides is 1. The first-order valence-electron chi connectivity index (χ1n) is 9.77. The van der Waals surface area contributed by atoms with Gasteiger partial charge in [0, 0.05) is 16.7 Å². The van der Waals surface area contributed by atoms with Crippen LogP contribution < -0.4 is 5.32 Å². The van der Waals surface area contributed by atoms with E-state index in [0.717, 1.165) is 11.1 Å². The van der Waals surface area contributed by atoms with Crippen molar-refractivity contribution >= 4 is 11.9 Å². The van der Waals surface area contributed by atoms with Gasteiger partial charge < -0.3 is 14.5 Å². The summed E-state index contributed by atoms with van der Waals surface area (Å²) in [5.41, 5.74) is 3.08. The zero-order valence-corrected chi connectivity index (χ0v) is 17.5. The molecule has 0 aliphatic carbocycles. The lowest BCUT2D eigenvalue weighted by atomic mass is 10.0. The fourth-order valence-electron chi connectivity index (χ4n) is 3.07. The Morgan fingerprint density at radius 3 is 2.30 bits per heavy atom. The van der Waals surface area contributed by atoms with Crippen molar-refractivity contribution < 1.29 is 18.7 Å². The number of nitrogens with one attached hydrogen (secondary N) is 1. The highest BCUT2D eigenvalue weighted by atomic mass is 16.5. The second kappa shape index (κ2) is 9.35. The maximum Gasteiger partial charge on any atom is 0.328 e. The van der Waals surface area contributed by atoms with Gasteiger partial charge in [-0.1, -0.05) is 31.5 Å². The minimum atomic E-state index is -0.685. The molecule has 1 aromatic heterocycles. The van der Waals surface area contributed by atoms with Crippen LogP contribution >= 0.6 is 0 Å². The Labute approximate surface area is 175 Å². The molecule has 0 aliphatic heterocycles. The number of methoxy groups -OCH3 is 1. The summed E-state index contributed by atoms with van der Waals surface area (Å²) in [6.07, 6.45) is 0.500. The lowest BCUT2D eigenvalue weighted by Gasteiger charge is -2.18. The number of hydrogen-bond donors (Lipinski definition) is 1. The van der Waals surface area contributed by atoms with Gasteiger partial charge in [0.05, 0.1) is 7.11 Å². The third kappa shape index (κ3) is 5.11. The van der Waals surface area contributed by atoms with Crippen LogP contribution in [-0.2, 0) is 9.53 Å². The molecule has 7 nitrogen and oxygen atoms in total. The number of aryl methyl sites for hydroxylation is 1. The van der Waals surface area contributed by atoms with Crippen LogP contribution in [0.2, 0.25) is 0 Å². The molecular weight excluding hydrogens is 382 g/mol. The first-order chi connectivity index (χ1) is 14.4. The van der Waals surface area contributed by atoms with Crippen molar-refractivity contribution in [2.24, 2.45) is 5.92 Å². The van der Waals surface area contributed by atoms with Gasteiger partial charge in [0.15, 0.2) is 0 Å². The summed E-state index contributed by atoms with van der Waals surface area (Å²) in [4.78, 5) is 24.5. The Bertz CT molecular complexity index is 1020. The van der Waals surface area contributed by atoms with Gasteiger partial charge in [-0.15, -0.1) is 10.2 Å². The van der Waals surface area contributed by atoms with Crippen LogP contribution in [0.25, 0.3) is 22.9 Å². The third-order valence-corrected chi connectivity index (χ3v) is 4.58. The molecule has 30 heavy (non-hydrogen) atoms. The second-order valence-corrected chi connectivity index (χ2v) is 7.54. The number of benzene rings is 2. The van der Waals surface area contributed by atoms with Crippen LogP contribution in [0.1, 0.15) is 36.2 Å². The van der Waals surface area contributed by atoms with Crippen molar-refractivity contribution in [2.45, 2.75) is 33.2 Å². The number of aromatic nitrogens is 2. The summed E-state index contributed by atoms with van der Waals surface area (Å²) in [6.45, 7) is 5.95. The van der Waals surface area contributed by atoms with Gasteiger partial charge >= 0.3 is 5.97 Å². The van der Waals surface area contributed by atoms with E-state index in [1.54, 1.807) is 24.3 Å². The fraction of sp³-hybridized carbons (Fsp3) is 0.304. The molecule has 0 aliphatic rings. The number of carbonyl (C=O) groups excluding carboxylic acids is 2. The highest BCUT2D eigenvalue weighted by Gasteiger charge is 2.23. The predicted molar refractivity (Wildman–Crippen MR) is 113 cm³/mol. The number of hydrogen-bond acceptors (Lipinski definition) is 6. The Morgan fingerprint density at radius 1 is 1.03 bits per heavy atom. The summed E-state index contributed by atoms with van der Waals surface area (Å²) in [6, 6.07) is 13.9. The van der Waals surface area contributed by atoms with Gasteiger partial charge in [0.1, 0.15) is 6.04 Å². The molecule has 0 spiro atoms. The van der Waals surface area contributed by atoms with Crippen molar-refractivity contribution in [3.63, 3.8) is 0 Å². The van der Waals surface area contributed by atoms with Crippen LogP contribution in [0.5, 0.6) is 0 Å². The minimum absolute atomic E-state index is 0.233. The van der Waals surface area contributed by atoms with E-state index in [9.17, 15) is 9.59 Å². The molecule has 2 aromatic carbocycles. The molecule has 3 aromatic rings. The minimum Gasteiger partial charge on any atom is -0.467 e. The largest absolute Gasteiger partial charge is 0.467 e. The normalized spacial score (nSPS) is 11.9. The fourth-order valence-corrected chi connectivity index (χ4v) is 3.07. The molecule has 0 radical (unpaired) electrons. The monoisotopic (exact) mass is 407 g/mol.